The third-order valence-corrected chi connectivity index (χ3v) is 6.89. The van der Waals surface area contributed by atoms with E-state index in [-0.39, 0.29) is 5.39 Å². The van der Waals surface area contributed by atoms with E-state index in [1.165, 1.54) is 6.07 Å². The maximum atomic E-state index is 11.8. The SMILES string of the molecule is CC[N+]1=C(C)C(C)(C)c2c1ccc1c(S(=O)(=O)O)cc(S(=O)(=O)O)cc21. The molecule has 0 aliphatic carbocycles. The van der Waals surface area contributed by atoms with Crippen molar-refractivity contribution in [3.05, 3.63) is 29.8 Å². The summed E-state index contributed by atoms with van der Waals surface area (Å²) in [6, 6.07) is 5.34. The molecule has 1 heterocycles. The molecule has 0 saturated carbocycles. The molecule has 7 nitrogen and oxygen atoms in total. The van der Waals surface area contributed by atoms with Gasteiger partial charge in [-0.1, -0.05) is 0 Å². The molecule has 0 bridgehead atoms. The van der Waals surface area contributed by atoms with Crippen LogP contribution < -0.4 is 0 Å². The van der Waals surface area contributed by atoms with Crippen molar-refractivity contribution in [2.24, 2.45) is 0 Å². The summed E-state index contributed by atoms with van der Waals surface area (Å²) in [4.78, 5) is -1.12. The number of nitrogens with zero attached hydrogens (tertiary/aromatic N) is 1. The predicted octanol–water partition coefficient (Wildman–Crippen LogP) is 2.75. The topological polar surface area (TPSA) is 112 Å². The molecule has 0 amide bonds. The molecule has 0 atom stereocenters. The lowest BCUT2D eigenvalue weighted by Crippen LogP contribution is -2.26. The van der Waals surface area contributed by atoms with Crippen LogP contribution in [0.25, 0.3) is 10.8 Å². The molecular weight excluding hydrogens is 378 g/mol. The van der Waals surface area contributed by atoms with Crippen LogP contribution in [0.3, 0.4) is 0 Å². The molecule has 9 heteroatoms. The Labute approximate surface area is 152 Å². The molecule has 0 fully saturated rings. The molecule has 26 heavy (non-hydrogen) atoms. The van der Waals surface area contributed by atoms with E-state index in [1.807, 2.05) is 27.7 Å². The largest absolute Gasteiger partial charge is 0.295 e. The maximum absolute atomic E-state index is 11.8. The summed E-state index contributed by atoms with van der Waals surface area (Å²) >= 11 is 0. The smallest absolute Gasteiger partial charge is 0.282 e. The second-order valence-electron chi connectivity index (χ2n) is 6.88. The van der Waals surface area contributed by atoms with Crippen molar-refractivity contribution in [1.29, 1.82) is 0 Å². The summed E-state index contributed by atoms with van der Waals surface area (Å²) in [7, 11) is -9.36. The van der Waals surface area contributed by atoms with Crippen molar-refractivity contribution >= 4 is 42.4 Å². The summed E-state index contributed by atoms with van der Waals surface area (Å²) in [5.41, 5.74) is 2.15. The first-order valence-corrected chi connectivity index (χ1v) is 10.9. The minimum Gasteiger partial charge on any atom is -0.282 e. The van der Waals surface area contributed by atoms with Crippen molar-refractivity contribution in [1.82, 2.24) is 0 Å². The zero-order valence-corrected chi connectivity index (χ0v) is 16.4. The van der Waals surface area contributed by atoms with Gasteiger partial charge in [-0.05, 0) is 44.4 Å². The van der Waals surface area contributed by atoms with Crippen LogP contribution >= 0.6 is 0 Å². The molecule has 2 N–H and O–H groups in total. The van der Waals surface area contributed by atoms with Gasteiger partial charge < -0.3 is 0 Å². The van der Waals surface area contributed by atoms with Crippen molar-refractivity contribution in [3.8, 4) is 0 Å². The van der Waals surface area contributed by atoms with Crippen molar-refractivity contribution in [2.45, 2.75) is 42.9 Å². The van der Waals surface area contributed by atoms with E-state index in [0.717, 1.165) is 23.0 Å². The van der Waals surface area contributed by atoms with E-state index in [2.05, 4.69) is 4.58 Å². The van der Waals surface area contributed by atoms with E-state index in [4.69, 9.17) is 0 Å². The quantitative estimate of drug-likeness (QED) is 0.607. The minimum atomic E-state index is -4.70. The van der Waals surface area contributed by atoms with Crippen LogP contribution in [-0.2, 0) is 25.7 Å². The normalized spacial score (nSPS) is 17.0. The lowest BCUT2D eigenvalue weighted by Gasteiger charge is -2.18. The van der Waals surface area contributed by atoms with E-state index in [9.17, 15) is 25.9 Å². The van der Waals surface area contributed by atoms with E-state index >= 15 is 0 Å². The Balaban J connectivity index is 2.58. The Hall–Kier alpha value is -1.81. The summed E-state index contributed by atoms with van der Waals surface area (Å²) in [6.45, 7) is 8.56. The van der Waals surface area contributed by atoms with Crippen LogP contribution in [0.1, 0.15) is 33.3 Å². The minimum absolute atomic E-state index is 0.206. The fourth-order valence-corrected chi connectivity index (χ4v) is 5.05. The van der Waals surface area contributed by atoms with E-state index in [0.29, 0.717) is 11.9 Å². The second-order valence-corrected chi connectivity index (χ2v) is 9.69. The van der Waals surface area contributed by atoms with Gasteiger partial charge in [0, 0.05) is 23.9 Å². The number of hydrogen-bond donors (Lipinski definition) is 2. The van der Waals surface area contributed by atoms with E-state index in [1.54, 1.807) is 12.1 Å². The highest BCUT2D eigenvalue weighted by molar-refractivity contribution is 7.86. The molecule has 0 unspecified atom stereocenters. The number of fused-ring (bicyclic) bond motifs is 3. The summed E-state index contributed by atoms with van der Waals surface area (Å²) in [5.74, 6) is 0. The highest BCUT2D eigenvalue weighted by Crippen LogP contribution is 2.45. The standard InChI is InChI=1S/C17H19NO6S2/c1-5-18-10(2)17(3,4)16-13-8-11(25(19,20)21)9-15(26(22,23)24)12(13)6-7-14(16)18/h6-9H,5H2,1-4H3,(H-,19,20,21,22,23,24)/p+1. The highest BCUT2D eigenvalue weighted by atomic mass is 32.2. The Bertz CT molecular complexity index is 1190. The number of hydrogen-bond acceptors (Lipinski definition) is 4. The van der Waals surface area contributed by atoms with Crippen LogP contribution in [-0.4, -0.2) is 42.8 Å². The fourth-order valence-electron chi connectivity index (χ4n) is 3.71. The first kappa shape index (κ1) is 19.0. The Morgan fingerprint density at radius 3 is 2.12 bits per heavy atom. The lowest BCUT2D eigenvalue weighted by molar-refractivity contribution is -0.434. The first-order valence-electron chi connectivity index (χ1n) is 7.98. The van der Waals surface area contributed by atoms with Crippen LogP contribution in [0, 0.1) is 0 Å². The highest BCUT2D eigenvalue weighted by Gasteiger charge is 2.44. The molecular formula is C17H20NO6S2+. The molecule has 0 spiro atoms. The van der Waals surface area contributed by atoms with Gasteiger partial charge in [0.05, 0.1) is 10.3 Å². The number of benzene rings is 2. The second kappa shape index (κ2) is 5.59. The van der Waals surface area contributed by atoms with Gasteiger partial charge in [-0.25, -0.2) is 0 Å². The third-order valence-electron chi connectivity index (χ3n) is 5.17. The zero-order chi connectivity index (χ0) is 19.7. The Morgan fingerprint density at radius 2 is 1.62 bits per heavy atom. The molecule has 1 aliphatic heterocycles. The van der Waals surface area contributed by atoms with Crippen LogP contribution in [0.5, 0.6) is 0 Å². The van der Waals surface area contributed by atoms with Crippen LogP contribution in [0.15, 0.2) is 34.1 Å². The average Bonchev–Trinajstić information content (AvgIpc) is 2.71. The molecule has 0 aromatic heterocycles. The molecule has 0 saturated heterocycles. The Morgan fingerprint density at radius 1 is 1.00 bits per heavy atom. The van der Waals surface area contributed by atoms with Crippen molar-refractivity contribution in [2.75, 3.05) is 6.54 Å². The van der Waals surface area contributed by atoms with Crippen LogP contribution in [0.2, 0.25) is 0 Å². The lowest BCUT2D eigenvalue weighted by atomic mass is 9.80. The molecule has 140 valence electrons. The van der Waals surface area contributed by atoms with Gasteiger partial charge in [0.25, 0.3) is 20.2 Å². The third kappa shape index (κ3) is 2.66. The number of rotatable bonds is 3. The first-order chi connectivity index (χ1) is 11.8. The molecule has 2 aromatic carbocycles. The van der Waals surface area contributed by atoms with Gasteiger partial charge in [0.1, 0.15) is 11.4 Å². The van der Waals surface area contributed by atoms with Gasteiger partial charge in [0.15, 0.2) is 5.71 Å². The van der Waals surface area contributed by atoms with Gasteiger partial charge >= 0.3 is 0 Å². The van der Waals surface area contributed by atoms with Gasteiger partial charge in [-0.15, -0.1) is 0 Å². The zero-order valence-electron chi connectivity index (χ0n) is 14.8. The van der Waals surface area contributed by atoms with Crippen molar-refractivity contribution < 1.29 is 30.5 Å². The summed E-state index contributed by atoms with van der Waals surface area (Å²) in [5, 5.41) is 0.572. The molecule has 1 aliphatic rings. The summed E-state index contributed by atoms with van der Waals surface area (Å²) in [6.07, 6.45) is 0. The van der Waals surface area contributed by atoms with Crippen LogP contribution in [0.4, 0.5) is 5.69 Å². The van der Waals surface area contributed by atoms with Gasteiger partial charge in [-0.3, -0.25) is 9.11 Å². The molecule has 3 rings (SSSR count). The fraction of sp³-hybridized carbons (Fsp3) is 0.353. The maximum Gasteiger partial charge on any atom is 0.295 e. The predicted molar refractivity (Wildman–Crippen MR) is 97.7 cm³/mol. The van der Waals surface area contributed by atoms with Gasteiger partial charge in [0.2, 0.25) is 5.69 Å². The Kier molecular flexibility index (Phi) is 4.08. The molecule has 2 aromatic rings. The molecule has 0 radical (unpaired) electrons. The average molecular weight is 398 g/mol. The van der Waals surface area contributed by atoms with Gasteiger partial charge in [-0.2, -0.15) is 21.4 Å². The van der Waals surface area contributed by atoms with E-state index < -0.39 is 35.4 Å². The summed E-state index contributed by atoms with van der Waals surface area (Å²) < 4.78 is 68.1. The monoisotopic (exact) mass is 398 g/mol. The van der Waals surface area contributed by atoms with Crippen molar-refractivity contribution in [3.63, 3.8) is 0 Å².